The van der Waals surface area contributed by atoms with Crippen molar-refractivity contribution in [3.8, 4) is 0 Å². The van der Waals surface area contributed by atoms with Crippen LogP contribution in [0.1, 0.15) is 24.1 Å². The average Bonchev–Trinajstić information content (AvgIpc) is 2.43. The van der Waals surface area contributed by atoms with Crippen molar-refractivity contribution in [1.82, 2.24) is 5.32 Å². The molecule has 112 valence electrons. The predicted octanol–water partition coefficient (Wildman–Crippen LogP) is 5.78. The second-order valence-electron chi connectivity index (χ2n) is 4.59. The third kappa shape index (κ3) is 3.86. The normalized spacial score (nSPS) is 12.5. The molecule has 2 aromatic carbocycles. The van der Waals surface area contributed by atoms with E-state index in [0.717, 1.165) is 6.07 Å². The highest BCUT2D eigenvalue weighted by molar-refractivity contribution is 6.44. The van der Waals surface area contributed by atoms with Crippen molar-refractivity contribution < 1.29 is 8.78 Å². The van der Waals surface area contributed by atoms with E-state index in [0.29, 0.717) is 32.7 Å². The van der Waals surface area contributed by atoms with Gasteiger partial charge in [-0.25, -0.2) is 8.78 Å². The van der Waals surface area contributed by atoms with E-state index in [1.54, 1.807) is 19.1 Å². The molecule has 0 heterocycles. The molecule has 1 nitrogen and oxygen atoms in total. The zero-order valence-electron chi connectivity index (χ0n) is 11.1. The summed E-state index contributed by atoms with van der Waals surface area (Å²) in [6, 6.07) is 6.40. The van der Waals surface area contributed by atoms with E-state index in [1.807, 2.05) is 0 Å². The third-order valence-electron chi connectivity index (χ3n) is 3.15. The Hall–Kier alpha value is -0.870. The minimum Gasteiger partial charge on any atom is -0.306 e. The first kappa shape index (κ1) is 16.5. The minimum absolute atomic E-state index is 0.316. The standard InChI is InChI=1S/C15H12Cl3F2N/c1-8(10-3-2-9(19)6-14(10)20)21-7-11-12(16)4-5-13(17)15(11)18/h2-6,8,21H,7H2,1H3. The maximum Gasteiger partial charge on any atom is 0.130 e. The van der Waals surface area contributed by atoms with E-state index in [-0.39, 0.29) is 6.04 Å². The molecule has 0 aliphatic carbocycles. The fourth-order valence-corrected chi connectivity index (χ4v) is 2.63. The average molecular weight is 351 g/mol. The maximum atomic E-state index is 13.7. The van der Waals surface area contributed by atoms with E-state index in [1.165, 1.54) is 12.1 Å². The molecule has 0 bridgehead atoms. The molecular formula is C15H12Cl3F2N. The zero-order chi connectivity index (χ0) is 15.6. The van der Waals surface area contributed by atoms with E-state index in [4.69, 9.17) is 34.8 Å². The molecule has 1 atom stereocenters. The molecule has 0 radical (unpaired) electrons. The van der Waals surface area contributed by atoms with Crippen molar-refractivity contribution in [2.75, 3.05) is 0 Å². The maximum absolute atomic E-state index is 13.7. The highest BCUT2D eigenvalue weighted by Gasteiger charge is 2.14. The van der Waals surface area contributed by atoms with Gasteiger partial charge in [0.05, 0.1) is 10.0 Å². The van der Waals surface area contributed by atoms with Gasteiger partial charge in [-0.3, -0.25) is 0 Å². The molecule has 1 N–H and O–H groups in total. The van der Waals surface area contributed by atoms with Gasteiger partial charge in [0.2, 0.25) is 0 Å². The molecule has 2 rings (SSSR count). The molecule has 0 spiro atoms. The summed E-state index contributed by atoms with van der Waals surface area (Å²) < 4.78 is 26.6. The molecular weight excluding hydrogens is 339 g/mol. The number of rotatable bonds is 4. The molecule has 21 heavy (non-hydrogen) atoms. The first-order valence-corrected chi connectivity index (χ1v) is 7.34. The van der Waals surface area contributed by atoms with Gasteiger partial charge in [0.1, 0.15) is 11.6 Å². The molecule has 0 aromatic heterocycles. The van der Waals surface area contributed by atoms with Gasteiger partial charge < -0.3 is 5.32 Å². The van der Waals surface area contributed by atoms with Gasteiger partial charge in [0.25, 0.3) is 0 Å². The van der Waals surface area contributed by atoms with Crippen LogP contribution in [-0.2, 0) is 6.54 Å². The quantitative estimate of drug-likeness (QED) is 0.690. The van der Waals surface area contributed by atoms with Crippen LogP contribution in [0.5, 0.6) is 0 Å². The van der Waals surface area contributed by atoms with Gasteiger partial charge in [-0.2, -0.15) is 0 Å². The number of benzene rings is 2. The summed E-state index contributed by atoms with van der Waals surface area (Å²) in [6.45, 7) is 2.08. The largest absolute Gasteiger partial charge is 0.306 e. The van der Waals surface area contributed by atoms with Gasteiger partial charge >= 0.3 is 0 Å². The van der Waals surface area contributed by atoms with Crippen LogP contribution >= 0.6 is 34.8 Å². The molecule has 0 saturated heterocycles. The summed E-state index contributed by atoms with van der Waals surface area (Å²) in [5, 5.41) is 4.34. The Morgan fingerprint density at radius 3 is 2.38 bits per heavy atom. The molecule has 0 saturated carbocycles. The molecule has 6 heteroatoms. The van der Waals surface area contributed by atoms with Gasteiger partial charge in [-0.1, -0.05) is 40.9 Å². The van der Waals surface area contributed by atoms with Crippen LogP contribution in [0.2, 0.25) is 15.1 Å². The SMILES string of the molecule is CC(NCc1c(Cl)ccc(Cl)c1Cl)c1ccc(F)cc1F. The molecule has 0 amide bonds. The molecule has 0 fully saturated rings. The van der Waals surface area contributed by atoms with E-state index in [2.05, 4.69) is 5.32 Å². The Labute approximate surface area is 136 Å². The van der Waals surface area contributed by atoms with E-state index < -0.39 is 11.6 Å². The van der Waals surface area contributed by atoms with Crippen molar-refractivity contribution >= 4 is 34.8 Å². The molecule has 2 aromatic rings. The summed E-state index contributed by atoms with van der Waals surface area (Å²) in [4.78, 5) is 0. The van der Waals surface area contributed by atoms with E-state index in [9.17, 15) is 8.78 Å². The molecule has 1 unspecified atom stereocenters. The van der Waals surface area contributed by atoms with Gasteiger partial charge in [-0.05, 0) is 25.1 Å². The first-order valence-electron chi connectivity index (χ1n) is 6.21. The Balaban J connectivity index is 2.15. The van der Waals surface area contributed by atoms with Crippen molar-refractivity contribution in [3.63, 3.8) is 0 Å². The molecule has 0 aliphatic rings. The van der Waals surface area contributed by atoms with Crippen LogP contribution in [0, 0.1) is 11.6 Å². The van der Waals surface area contributed by atoms with Crippen LogP contribution in [0.25, 0.3) is 0 Å². The van der Waals surface area contributed by atoms with Crippen molar-refractivity contribution in [2.24, 2.45) is 0 Å². The fourth-order valence-electron chi connectivity index (χ4n) is 1.95. The predicted molar refractivity (Wildman–Crippen MR) is 83.1 cm³/mol. The zero-order valence-corrected chi connectivity index (χ0v) is 13.3. The number of hydrogen-bond donors (Lipinski definition) is 1. The Morgan fingerprint density at radius 1 is 1.05 bits per heavy atom. The Kier molecular flexibility index (Phi) is 5.44. The summed E-state index contributed by atoms with van der Waals surface area (Å²) in [5.74, 6) is -1.21. The second kappa shape index (κ2) is 6.93. The van der Waals surface area contributed by atoms with Gasteiger partial charge in [-0.15, -0.1) is 0 Å². The summed E-state index contributed by atoms with van der Waals surface area (Å²) >= 11 is 18.1. The summed E-state index contributed by atoms with van der Waals surface area (Å²) in [5.41, 5.74) is 1.01. The minimum atomic E-state index is -0.607. The van der Waals surface area contributed by atoms with Crippen molar-refractivity contribution in [1.29, 1.82) is 0 Å². The Bertz CT molecular complexity index is 662. The second-order valence-corrected chi connectivity index (χ2v) is 5.78. The highest BCUT2D eigenvalue weighted by atomic mass is 35.5. The summed E-state index contributed by atoms with van der Waals surface area (Å²) in [7, 11) is 0. The van der Waals surface area contributed by atoms with Crippen molar-refractivity contribution in [3.05, 3.63) is 68.2 Å². The van der Waals surface area contributed by atoms with E-state index >= 15 is 0 Å². The molecule has 0 aliphatic heterocycles. The third-order valence-corrected chi connectivity index (χ3v) is 4.35. The summed E-state index contributed by atoms with van der Waals surface area (Å²) in [6.07, 6.45) is 0. The topological polar surface area (TPSA) is 12.0 Å². The first-order chi connectivity index (χ1) is 9.90. The number of nitrogens with one attached hydrogen (secondary N) is 1. The van der Waals surface area contributed by atoms with Crippen LogP contribution in [0.3, 0.4) is 0 Å². The van der Waals surface area contributed by atoms with Gasteiger partial charge in [0, 0.05) is 34.8 Å². The van der Waals surface area contributed by atoms with Crippen LogP contribution < -0.4 is 5.32 Å². The lowest BCUT2D eigenvalue weighted by atomic mass is 10.1. The lowest BCUT2D eigenvalue weighted by Crippen LogP contribution is -2.19. The monoisotopic (exact) mass is 349 g/mol. The van der Waals surface area contributed by atoms with Crippen LogP contribution in [0.4, 0.5) is 8.78 Å². The van der Waals surface area contributed by atoms with Gasteiger partial charge in [0.15, 0.2) is 0 Å². The lowest BCUT2D eigenvalue weighted by molar-refractivity contribution is 0.518. The van der Waals surface area contributed by atoms with Crippen LogP contribution in [-0.4, -0.2) is 0 Å². The van der Waals surface area contributed by atoms with Crippen LogP contribution in [0.15, 0.2) is 30.3 Å². The smallest absolute Gasteiger partial charge is 0.130 e. The number of halogens is 5. The lowest BCUT2D eigenvalue weighted by Gasteiger charge is -2.17. The van der Waals surface area contributed by atoms with Crippen molar-refractivity contribution in [2.45, 2.75) is 19.5 Å². The highest BCUT2D eigenvalue weighted by Crippen LogP contribution is 2.31. The fraction of sp³-hybridized carbons (Fsp3) is 0.200. The Morgan fingerprint density at radius 2 is 1.71 bits per heavy atom. The number of hydrogen-bond acceptors (Lipinski definition) is 1.